The molecule has 1 saturated carbocycles. The first-order valence-corrected chi connectivity index (χ1v) is 17.2. The number of hydrogen-bond acceptors (Lipinski definition) is 7. The van der Waals surface area contributed by atoms with Crippen LogP contribution in [0.5, 0.6) is 0 Å². The van der Waals surface area contributed by atoms with Crippen LogP contribution in [0.1, 0.15) is 78.2 Å². The standard InChI is InChI=1S/C31H46ClN5O7S/c1-6-7-8-9-10-12-23-19-31(23,28(40)35-45(42,43)36(5)21-22-14-16-24(32)17-15-22)34-27(39)25-13-11-18-37(25)26(38)20-33-29(41)44-30(2,3)4/h10,12,14-17,23,25H,6-9,11,13,18-21H2,1-5H3,(H,33,41)(H,34,39)(H,35,40)/b12-10-/t23-,25+,31-/m1/s1. The zero-order valence-electron chi connectivity index (χ0n) is 26.7. The number of amides is 4. The third-order valence-electron chi connectivity index (χ3n) is 7.72. The number of halogens is 1. The van der Waals surface area contributed by atoms with Crippen LogP contribution < -0.4 is 15.4 Å². The first kappa shape index (κ1) is 36.3. The van der Waals surface area contributed by atoms with Gasteiger partial charge in [0.15, 0.2) is 0 Å². The highest BCUT2D eigenvalue weighted by molar-refractivity contribution is 7.87. The van der Waals surface area contributed by atoms with Gasteiger partial charge in [-0.1, -0.05) is 55.7 Å². The minimum atomic E-state index is -4.27. The first-order valence-electron chi connectivity index (χ1n) is 15.4. The number of alkyl carbamates (subject to hydrolysis) is 1. The van der Waals surface area contributed by atoms with E-state index in [-0.39, 0.29) is 19.5 Å². The van der Waals surface area contributed by atoms with Crippen LogP contribution in [-0.4, -0.2) is 78.8 Å². The number of benzene rings is 1. The number of rotatable bonds is 14. The van der Waals surface area contributed by atoms with Crippen molar-refractivity contribution in [2.75, 3.05) is 20.1 Å². The smallest absolute Gasteiger partial charge is 0.408 e. The predicted molar refractivity (Wildman–Crippen MR) is 171 cm³/mol. The van der Waals surface area contributed by atoms with E-state index in [9.17, 15) is 27.6 Å². The van der Waals surface area contributed by atoms with Crippen molar-refractivity contribution in [3.05, 3.63) is 47.0 Å². The second kappa shape index (κ2) is 15.4. The molecule has 4 amide bonds. The Bertz CT molecular complexity index is 1360. The molecule has 0 bridgehead atoms. The van der Waals surface area contributed by atoms with Crippen molar-refractivity contribution in [3.8, 4) is 0 Å². The van der Waals surface area contributed by atoms with E-state index in [4.69, 9.17) is 16.3 Å². The maximum atomic E-state index is 13.6. The second-order valence-electron chi connectivity index (χ2n) is 12.6. The number of carbonyl (C=O) groups is 4. The van der Waals surface area contributed by atoms with Crippen LogP contribution in [0.2, 0.25) is 5.02 Å². The molecule has 250 valence electrons. The van der Waals surface area contributed by atoms with Gasteiger partial charge in [-0.2, -0.15) is 12.7 Å². The quantitative estimate of drug-likeness (QED) is 0.202. The van der Waals surface area contributed by atoms with E-state index in [1.165, 1.54) is 11.9 Å². The second-order valence-corrected chi connectivity index (χ2v) is 14.8. The van der Waals surface area contributed by atoms with Crippen molar-refractivity contribution in [1.82, 2.24) is 24.6 Å². The molecule has 0 radical (unpaired) electrons. The maximum absolute atomic E-state index is 13.6. The summed E-state index contributed by atoms with van der Waals surface area (Å²) in [6.07, 6.45) is 8.08. The van der Waals surface area contributed by atoms with Crippen LogP contribution in [0.4, 0.5) is 4.79 Å². The van der Waals surface area contributed by atoms with Crippen molar-refractivity contribution in [3.63, 3.8) is 0 Å². The van der Waals surface area contributed by atoms with Gasteiger partial charge < -0.3 is 20.3 Å². The fourth-order valence-corrected chi connectivity index (χ4v) is 6.19. The van der Waals surface area contributed by atoms with Gasteiger partial charge in [-0.3, -0.25) is 14.4 Å². The summed E-state index contributed by atoms with van der Waals surface area (Å²) >= 11 is 5.93. The summed E-state index contributed by atoms with van der Waals surface area (Å²) in [7, 11) is -2.92. The molecule has 14 heteroatoms. The summed E-state index contributed by atoms with van der Waals surface area (Å²) in [5, 5.41) is 5.74. The van der Waals surface area contributed by atoms with E-state index >= 15 is 0 Å². The Morgan fingerprint density at radius 3 is 2.49 bits per heavy atom. The molecule has 0 spiro atoms. The molecule has 3 rings (SSSR count). The molecular formula is C31H46ClN5O7S. The Kier molecular flexibility index (Phi) is 12.4. The molecule has 1 aromatic carbocycles. The zero-order chi connectivity index (χ0) is 33.4. The van der Waals surface area contributed by atoms with Crippen LogP contribution in [0.15, 0.2) is 36.4 Å². The number of hydrogen-bond donors (Lipinski definition) is 3. The van der Waals surface area contributed by atoms with E-state index < -0.39 is 57.1 Å². The van der Waals surface area contributed by atoms with Crippen LogP contribution >= 0.6 is 11.6 Å². The van der Waals surface area contributed by atoms with Gasteiger partial charge in [0.05, 0.1) is 0 Å². The SMILES string of the molecule is CCCCC/C=C\[C@@H]1C[C@]1(NC(=O)[C@@H]1CCCN1C(=O)CNC(=O)OC(C)(C)C)C(=O)NS(=O)(=O)N(C)Cc1ccc(Cl)cc1. The molecule has 2 fully saturated rings. The lowest BCUT2D eigenvalue weighted by Gasteiger charge is -2.27. The average molecular weight is 668 g/mol. The Morgan fingerprint density at radius 1 is 1.16 bits per heavy atom. The summed E-state index contributed by atoms with van der Waals surface area (Å²) in [6.45, 7) is 7.16. The van der Waals surface area contributed by atoms with Gasteiger partial charge in [-0.15, -0.1) is 0 Å². The molecule has 1 saturated heterocycles. The summed E-state index contributed by atoms with van der Waals surface area (Å²) in [5.74, 6) is -2.28. The number of nitrogens with zero attached hydrogens (tertiary/aromatic N) is 2. The van der Waals surface area contributed by atoms with Crippen molar-refractivity contribution >= 4 is 45.6 Å². The van der Waals surface area contributed by atoms with Crippen molar-refractivity contribution in [2.45, 2.75) is 96.4 Å². The number of carbonyl (C=O) groups excluding carboxylic acids is 4. The van der Waals surface area contributed by atoms with Gasteiger partial charge in [-0.25, -0.2) is 9.52 Å². The molecule has 1 aromatic rings. The van der Waals surface area contributed by atoms with Gasteiger partial charge in [0.1, 0.15) is 23.7 Å². The van der Waals surface area contributed by atoms with Gasteiger partial charge in [0.25, 0.3) is 5.91 Å². The lowest BCUT2D eigenvalue weighted by atomic mass is 10.1. The Balaban J connectivity index is 1.71. The number of unbranched alkanes of at least 4 members (excludes halogenated alkanes) is 3. The minimum absolute atomic E-state index is 0.00359. The Hall–Kier alpha value is -3.16. The highest BCUT2D eigenvalue weighted by atomic mass is 35.5. The van der Waals surface area contributed by atoms with Gasteiger partial charge in [0, 0.05) is 31.1 Å². The largest absolute Gasteiger partial charge is 0.444 e. The summed E-state index contributed by atoms with van der Waals surface area (Å²) in [6, 6.07) is 5.80. The van der Waals surface area contributed by atoms with Crippen LogP contribution in [-0.2, 0) is 35.9 Å². The molecule has 3 N–H and O–H groups in total. The van der Waals surface area contributed by atoms with Crippen molar-refractivity contribution in [2.24, 2.45) is 5.92 Å². The predicted octanol–water partition coefficient (Wildman–Crippen LogP) is 3.66. The summed E-state index contributed by atoms with van der Waals surface area (Å²) < 4.78 is 34.7. The maximum Gasteiger partial charge on any atom is 0.408 e. The molecule has 3 atom stereocenters. The minimum Gasteiger partial charge on any atom is -0.444 e. The zero-order valence-corrected chi connectivity index (χ0v) is 28.3. The van der Waals surface area contributed by atoms with Gasteiger partial charge in [-0.05, 0) is 70.6 Å². The molecule has 1 heterocycles. The third-order valence-corrected chi connectivity index (χ3v) is 9.36. The molecule has 2 aliphatic rings. The lowest BCUT2D eigenvalue weighted by Crippen LogP contribution is -2.58. The summed E-state index contributed by atoms with van der Waals surface area (Å²) in [5.41, 5.74) is -1.55. The number of allylic oxidation sites excluding steroid dienone is 1. The van der Waals surface area contributed by atoms with E-state index in [1.807, 2.05) is 12.2 Å². The number of likely N-dealkylation sites (tertiary alicyclic amines) is 1. The molecule has 1 aliphatic heterocycles. The Morgan fingerprint density at radius 2 is 1.84 bits per heavy atom. The summed E-state index contributed by atoms with van der Waals surface area (Å²) in [4.78, 5) is 53.6. The van der Waals surface area contributed by atoms with E-state index in [0.29, 0.717) is 30.0 Å². The lowest BCUT2D eigenvalue weighted by molar-refractivity contribution is -0.139. The topological polar surface area (TPSA) is 154 Å². The average Bonchev–Trinajstić information content (AvgIpc) is 3.41. The fourth-order valence-electron chi connectivity index (χ4n) is 5.18. The van der Waals surface area contributed by atoms with Crippen LogP contribution in [0, 0.1) is 5.92 Å². The molecule has 12 nitrogen and oxygen atoms in total. The molecular weight excluding hydrogens is 622 g/mol. The highest BCUT2D eigenvalue weighted by Crippen LogP contribution is 2.45. The highest BCUT2D eigenvalue weighted by Gasteiger charge is 2.61. The molecule has 1 aliphatic carbocycles. The number of nitrogens with one attached hydrogen (secondary N) is 3. The Labute approximate surface area is 271 Å². The van der Waals surface area contributed by atoms with Gasteiger partial charge in [0.2, 0.25) is 11.8 Å². The van der Waals surface area contributed by atoms with Crippen LogP contribution in [0.3, 0.4) is 0 Å². The number of ether oxygens (including phenoxy) is 1. The molecule has 0 unspecified atom stereocenters. The van der Waals surface area contributed by atoms with E-state index in [2.05, 4.69) is 22.3 Å². The van der Waals surface area contributed by atoms with E-state index in [1.54, 1.807) is 45.0 Å². The first-order chi connectivity index (χ1) is 21.1. The van der Waals surface area contributed by atoms with Crippen LogP contribution in [0.25, 0.3) is 0 Å². The van der Waals surface area contributed by atoms with Crippen molar-refractivity contribution < 1.29 is 32.3 Å². The van der Waals surface area contributed by atoms with E-state index in [0.717, 1.165) is 30.0 Å². The molecule has 0 aromatic heterocycles. The normalized spacial score (nSPS) is 21.5. The molecule has 45 heavy (non-hydrogen) atoms. The third kappa shape index (κ3) is 10.4. The van der Waals surface area contributed by atoms with Gasteiger partial charge >= 0.3 is 16.3 Å². The fraction of sp³-hybridized carbons (Fsp3) is 0.613. The van der Waals surface area contributed by atoms with Crippen molar-refractivity contribution in [1.29, 1.82) is 0 Å². The monoisotopic (exact) mass is 667 g/mol.